The Kier molecular flexibility index (Phi) is 3.02. The van der Waals surface area contributed by atoms with Crippen LogP contribution in [-0.4, -0.2) is 12.9 Å². The fourth-order valence-corrected chi connectivity index (χ4v) is 3.01. The van der Waals surface area contributed by atoms with Gasteiger partial charge in [0.15, 0.2) is 5.78 Å². The standard InChI is InChI=1S/C17H18O2/c1-11-7-8-13-12-5-3-4-6-14(12)17(19-2)10-15(13)16(18)9-11/h3-6,10-11H,7-9H2,1-2H3. The number of fused-ring (bicyclic) bond motifs is 3. The largest absolute Gasteiger partial charge is 0.496 e. The van der Waals surface area contributed by atoms with Crippen LogP contribution < -0.4 is 4.74 Å². The van der Waals surface area contributed by atoms with Crippen molar-refractivity contribution < 1.29 is 9.53 Å². The van der Waals surface area contributed by atoms with Gasteiger partial charge in [-0.15, -0.1) is 0 Å². The molecule has 1 unspecified atom stereocenters. The molecule has 2 aromatic carbocycles. The summed E-state index contributed by atoms with van der Waals surface area (Å²) in [4.78, 5) is 12.4. The molecule has 0 spiro atoms. The van der Waals surface area contributed by atoms with Gasteiger partial charge in [0.05, 0.1) is 7.11 Å². The molecule has 3 rings (SSSR count). The minimum atomic E-state index is 0.254. The molecular formula is C17H18O2. The molecule has 2 nitrogen and oxygen atoms in total. The lowest BCUT2D eigenvalue weighted by Gasteiger charge is -2.13. The molecule has 0 aromatic heterocycles. The van der Waals surface area contributed by atoms with Crippen molar-refractivity contribution in [3.8, 4) is 5.75 Å². The van der Waals surface area contributed by atoms with Crippen LogP contribution in [0, 0.1) is 5.92 Å². The van der Waals surface area contributed by atoms with Crippen LogP contribution in [0.4, 0.5) is 0 Å². The molecule has 0 aliphatic heterocycles. The lowest BCUT2D eigenvalue weighted by Crippen LogP contribution is -2.04. The number of rotatable bonds is 1. The molecule has 19 heavy (non-hydrogen) atoms. The maximum absolute atomic E-state index is 12.4. The predicted octanol–water partition coefficient (Wildman–Crippen LogP) is 4.00. The van der Waals surface area contributed by atoms with Gasteiger partial charge in [-0.05, 0) is 35.8 Å². The van der Waals surface area contributed by atoms with Crippen molar-refractivity contribution in [2.24, 2.45) is 5.92 Å². The molecule has 0 bridgehead atoms. The number of methoxy groups -OCH3 is 1. The van der Waals surface area contributed by atoms with Gasteiger partial charge < -0.3 is 4.74 Å². The second kappa shape index (κ2) is 4.69. The average Bonchev–Trinajstić information content (AvgIpc) is 2.57. The van der Waals surface area contributed by atoms with Gasteiger partial charge in [-0.1, -0.05) is 31.2 Å². The molecule has 0 saturated heterocycles. The van der Waals surface area contributed by atoms with E-state index in [2.05, 4.69) is 19.1 Å². The van der Waals surface area contributed by atoms with Crippen molar-refractivity contribution in [2.75, 3.05) is 7.11 Å². The van der Waals surface area contributed by atoms with E-state index in [9.17, 15) is 4.79 Å². The molecule has 0 heterocycles. The molecule has 1 aliphatic rings. The summed E-state index contributed by atoms with van der Waals surface area (Å²) < 4.78 is 5.46. The number of hydrogen-bond acceptors (Lipinski definition) is 2. The number of aryl methyl sites for hydroxylation is 1. The summed E-state index contributed by atoms with van der Waals surface area (Å²) in [6.07, 6.45) is 2.70. The summed E-state index contributed by atoms with van der Waals surface area (Å²) in [5.41, 5.74) is 2.06. The van der Waals surface area contributed by atoms with E-state index >= 15 is 0 Å². The summed E-state index contributed by atoms with van der Waals surface area (Å²) >= 11 is 0. The second-order valence-electron chi connectivity index (χ2n) is 5.42. The van der Waals surface area contributed by atoms with Crippen LogP contribution in [0.3, 0.4) is 0 Å². The Balaban J connectivity index is 2.31. The Bertz CT molecular complexity index is 643. The Morgan fingerprint density at radius 3 is 2.68 bits per heavy atom. The number of hydrogen-bond donors (Lipinski definition) is 0. The van der Waals surface area contributed by atoms with Crippen LogP contribution in [0.25, 0.3) is 10.8 Å². The Hall–Kier alpha value is -1.83. The number of benzene rings is 2. The summed E-state index contributed by atoms with van der Waals surface area (Å²) in [5.74, 6) is 1.52. The topological polar surface area (TPSA) is 26.3 Å². The highest BCUT2D eigenvalue weighted by Crippen LogP contribution is 2.35. The van der Waals surface area contributed by atoms with Gasteiger partial charge in [-0.3, -0.25) is 4.79 Å². The maximum Gasteiger partial charge on any atom is 0.163 e. The molecule has 0 amide bonds. The molecular weight excluding hydrogens is 236 g/mol. The molecule has 0 fully saturated rings. The zero-order chi connectivity index (χ0) is 13.4. The Morgan fingerprint density at radius 1 is 1.21 bits per heavy atom. The molecule has 1 aliphatic carbocycles. The number of ether oxygens (including phenoxy) is 1. The molecule has 0 radical (unpaired) electrons. The van der Waals surface area contributed by atoms with Crippen molar-refractivity contribution in [2.45, 2.75) is 26.2 Å². The Labute approximate surface area is 113 Å². The van der Waals surface area contributed by atoms with E-state index < -0.39 is 0 Å². The highest BCUT2D eigenvalue weighted by atomic mass is 16.5. The van der Waals surface area contributed by atoms with Crippen molar-refractivity contribution in [1.82, 2.24) is 0 Å². The van der Waals surface area contributed by atoms with Crippen molar-refractivity contribution in [3.05, 3.63) is 41.5 Å². The molecule has 0 saturated carbocycles. The van der Waals surface area contributed by atoms with E-state index in [-0.39, 0.29) is 5.78 Å². The van der Waals surface area contributed by atoms with Crippen LogP contribution in [0.2, 0.25) is 0 Å². The van der Waals surface area contributed by atoms with Gasteiger partial charge in [0, 0.05) is 17.4 Å². The molecule has 98 valence electrons. The third-order valence-corrected chi connectivity index (χ3v) is 4.06. The normalized spacial score (nSPS) is 19.1. The highest BCUT2D eigenvalue weighted by Gasteiger charge is 2.23. The lowest BCUT2D eigenvalue weighted by molar-refractivity contribution is 0.0967. The minimum Gasteiger partial charge on any atom is -0.496 e. The highest BCUT2D eigenvalue weighted by molar-refractivity contribution is 6.05. The van der Waals surface area contributed by atoms with E-state index in [1.54, 1.807) is 7.11 Å². The smallest absolute Gasteiger partial charge is 0.163 e. The third-order valence-electron chi connectivity index (χ3n) is 4.06. The quantitative estimate of drug-likeness (QED) is 0.719. The second-order valence-corrected chi connectivity index (χ2v) is 5.42. The monoisotopic (exact) mass is 254 g/mol. The van der Waals surface area contributed by atoms with Crippen LogP contribution >= 0.6 is 0 Å². The van der Waals surface area contributed by atoms with Crippen LogP contribution in [-0.2, 0) is 6.42 Å². The van der Waals surface area contributed by atoms with Gasteiger partial charge in [0.25, 0.3) is 0 Å². The van der Waals surface area contributed by atoms with E-state index in [1.165, 1.54) is 10.9 Å². The van der Waals surface area contributed by atoms with Crippen molar-refractivity contribution in [3.63, 3.8) is 0 Å². The van der Waals surface area contributed by atoms with Crippen LogP contribution in [0.15, 0.2) is 30.3 Å². The SMILES string of the molecule is COc1cc2c(c3ccccc13)CCC(C)CC2=O. The summed E-state index contributed by atoms with van der Waals surface area (Å²) in [6.45, 7) is 2.16. The number of carbonyl (C=O) groups excluding carboxylic acids is 1. The first-order chi connectivity index (χ1) is 9.20. The van der Waals surface area contributed by atoms with Gasteiger partial charge in [-0.25, -0.2) is 0 Å². The van der Waals surface area contributed by atoms with E-state index in [4.69, 9.17) is 4.74 Å². The summed E-state index contributed by atoms with van der Waals surface area (Å²) in [5, 5.41) is 2.27. The number of ketones is 1. The van der Waals surface area contributed by atoms with E-state index in [0.29, 0.717) is 12.3 Å². The number of Topliss-reactive ketones (excluding diaryl/α,β-unsaturated/α-hetero) is 1. The van der Waals surface area contributed by atoms with Crippen molar-refractivity contribution >= 4 is 16.6 Å². The zero-order valence-electron chi connectivity index (χ0n) is 11.4. The number of carbonyl (C=O) groups is 1. The zero-order valence-corrected chi connectivity index (χ0v) is 11.4. The first-order valence-corrected chi connectivity index (χ1v) is 6.82. The summed E-state index contributed by atoms with van der Waals surface area (Å²) in [7, 11) is 1.66. The maximum atomic E-state index is 12.4. The predicted molar refractivity (Wildman–Crippen MR) is 76.9 cm³/mol. The average molecular weight is 254 g/mol. The fourth-order valence-electron chi connectivity index (χ4n) is 3.01. The van der Waals surface area contributed by atoms with E-state index in [0.717, 1.165) is 29.5 Å². The fraction of sp³-hybridized carbons (Fsp3) is 0.353. The van der Waals surface area contributed by atoms with Gasteiger partial charge in [0.2, 0.25) is 0 Å². The van der Waals surface area contributed by atoms with Gasteiger partial charge in [-0.2, -0.15) is 0 Å². The van der Waals surface area contributed by atoms with Gasteiger partial charge >= 0.3 is 0 Å². The molecule has 2 aromatic rings. The lowest BCUT2D eigenvalue weighted by atomic mass is 9.94. The first kappa shape index (κ1) is 12.2. The molecule has 0 N–H and O–H groups in total. The van der Waals surface area contributed by atoms with Crippen LogP contribution in [0.5, 0.6) is 5.75 Å². The molecule has 2 heteroatoms. The first-order valence-electron chi connectivity index (χ1n) is 6.82. The third kappa shape index (κ3) is 2.01. The van der Waals surface area contributed by atoms with E-state index in [1.807, 2.05) is 18.2 Å². The van der Waals surface area contributed by atoms with Gasteiger partial charge in [0.1, 0.15) is 5.75 Å². The summed E-state index contributed by atoms with van der Waals surface area (Å²) in [6, 6.07) is 10.1. The van der Waals surface area contributed by atoms with Crippen molar-refractivity contribution in [1.29, 1.82) is 0 Å². The minimum absolute atomic E-state index is 0.254. The van der Waals surface area contributed by atoms with Crippen LogP contribution in [0.1, 0.15) is 35.7 Å². The molecule has 1 atom stereocenters. The Morgan fingerprint density at radius 2 is 1.95 bits per heavy atom.